The number of aliphatic hydroxyl groups is 1. The summed E-state index contributed by atoms with van der Waals surface area (Å²) in [6, 6.07) is 16.6. The van der Waals surface area contributed by atoms with Crippen molar-refractivity contribution < 1.29 is 5.11 Å². The number of piperidine rings is 1. The topological polar surface area (TPSA) is 63.5 Å². The molecule has 0 spiro atoms. The number of benzene rings is 2. The van der Waals surface area contributed by atoms with E-state index in [1.54, 1.807) is 0 Å². The second-order valence-corrected chi connectivity index (χ2v) is 9.70. The summed E-state index contributed by atoms with van der Waals surface area (Å²) >= 11 is 1.47. The maximum absolute atomic E-state index is 10.7. The number of aryl methyl sites for hydroxylation is 1. The van der Waals surface area contributed by atoms with Gasteiger partial charge in [-0.15, -0.1) is 11.3 Å². The van der Waals surface area contributed by atoms with Gasteiger partial charge in [-0.3, -0.25) is 5.41 Å². The van der Waals surface area contributed by atoms with Gasteiger partial charge in [-0.2, -0.15) is 0 Å². The van der Waals surface area contributed by atoms with E-state index in [1.807, 2.05) is 10.3 Å². The summed E-state index contributed by atoms with van der Waals surface area (Å²) in [4.78, 5) is 9.01. The van der Waals surface area contributed by atoms with Crippen molar-refractivity contribution in [3.05, 3.63) is 70.2 Å². The van der Waals surface area contributed by atoms with Crippen LogP contribution in [0.15, 0.2) is 59.7 Å². The average molecular weight is 445 g/mol. The molecule has 2 aliphatic heterocycles. The molecule has 2 aromatic carbocycles. The van der Waals surface area contributed by atoms with E-state index in [4.69, 9.17) is 10.4 Å². The summed E-state index contributed by atoms with van der Waals surface area (Å²) in [6.45, 7) is 6.88. The third-order valence-corrected chi connectivity index (χ3v) is 7.34. The van der Waals surface area contributed by atoms with Gasteiger partial charge in [0.1, 0.15) is 16.6 Å². The first kappa shape index (κ1) is 20.8. The number of nitrogens with zero attached hydrogens (tertiary/aromatic N) is 3. The molecule has 32 heavy (non-hydrogen) atoms. The zero-order valence-electron chi connectivity index (χ0n) is 18.5. The predicted octanol–water partition coefficient (Wildman–Crippen LogP) is 6.12. The van der Waals surface area contributed by atoms with Crippen LogP contribution in [0.2, 0.25) is 0 Å². The van der Waals surface area contributed by atoms with Crippen LogP contribution in [0.4, 0.5) is 11.4 Å². The monoisotopic (exact) mass is 444 g/mol. The smallest absolute Gasteiger partial charge is 0.139 e. The molecule has 5 rings (SSSR count). The van der Waals surface area contributed by atoms with Gasteiger partial charge in [0.25, 0.3) is 0 Å². The summed E-state index contributed by atoms with van der Waals surface area (Å²) in [7, 11) is 0. The Hall–Kier alpha value is -3.12. The number of hydrogen-bond donors (Lipinski definition) is 2. The lowest BCUT2D eigenvalue weighted by Crippen LogP contribution is -2.32. The van der Waals surface area contributed by atoms with Crippen molar-refractivity contribution in [1.29, 1.82) is 5.41 Å². The number of thiazole rings is 1. The normalized spacial score (nSPS) is 17.5. The molecule has 0 amide bonds. The molecule has 3 aromatic rings. The van der Waals surface area contributed by atoms with E-state index < -0.39 is 0 Å². The molecule has 164 valence electrons. The molecule has 1 aromatic heterocycles. The molecule has 2 N–H and O–H groups in total. The van der Waals surface area contributed by atoms with Gasteiger partial charge < -0.3 is 14.9 Å². The summed E-state index contributed by atoms with van der Waals surface area (Å²) in [6.07, 6.45) is 2.47. The number of anilines is 2. The van der Waals surface area contributed by atoms with Crippen LogP contribution in [0.1, 0.15) is 30.3 Å². The first-order valence-electron chi connectivity index (χ1n) is 11.2. The van der Waals surface area contributed by atoms with Crippen LogP contribution in [-0.4, -0.2) is 35.6 Å². The minimum absolute atomic E-state index is 0.203. The second-order valence-electron chi connectivity index (χ2n) is 8.85. The van der Waals surface area contributed by atoms with Crippen LogP contribution in [0.5, 0.6) is 0 Å². The number of amidine groups is 1. The maximum Gasteiger partial charge on any atom is 0.139 e. The summed E-state index contributed by atoms with van der Waals surface area (Å²) in [5.41, 5.74) is 5.80. The first-order chi connectivity index (χ1) is 15.5. The van der Waals surface area contributed by atoms with Gasteiger partial charge >= 0.3 is 0 Å². The molecule has 0 radical (unpaired) electrons. The fraction of sp³-hybridized carbons (Fsp3) is 0.308. The molecular weight excluding hydrogens is 416 g/mol. The Morgan fingerprint density at radius 1 is 1.00 bits per heavy atom. The predicted molar refractivity (Wildman–Crippen MR) is 134 cm³/mol. The Balaban J connectivity index is 1.33. The average Bonchev–Trinajstić information content (AvgIpc) is 3.39. The third-order valence-electron chi connectivity index (χ3n) is 6.48. The molecule has 1 fully saturated rings. The molecule has 0 atom stereocenters. The molecular formula is C26H28N4OS. The molecule has 0 bridgehead atoms. The summed E-state index contributed by atoms with van der Waals surface area (Å²) in [5.74, 6) is 1.31. The van der Waals surface area contributed by atoms with Crippen LogP contribution in [0.25, 0.3) is 16.8 Å². The van der Waals surface area contributed by atoms with Crippen molar-refractivity contribution >= 4 is 34.1 Å². The minimum atomic E-state index is 0.203. The highest BCUT2D eigenvalue weighted by atomic mass is 32.1. The Morgan fingerprint density at radius 2 is 1.66 bits per heavy atom. The maximum atomic E-state index is 10.7. The minimum Gasteiger partial charge on any atom is -0.510 e. The summed E-state index contributed by atoms with van der Waals surface area (Å²) < 4.78 is 0. The number of rotatable bonds is 4. The number of aliphatic hydroxyl groups excluding tert-OH is 1. The van der Waals surface area contributed by atoms with E-state index in [1.165, 1.54) is 35.4 Å². The van der Waals surface area contributed by atoms with E-state index in [-0.39, 0.29) is 5.76 Å². The van der Waals surface area contributed by atoms with E-state index in [2.05, 4.69) is 67.3 Å². The van der Waals surface area contributed by atoms with Crippen molar-refractivity contribution in [2.24, 2.45) is 5.92 Å². The van der Waals surface area contributed by atoms with Gasteiger partial charge in [0.15, 0.2) is 0 Å². The van der Waals surface area contributed by atoms with Crippen LogP contribution in [-0.2, 0) is 0 Å². The highest BCUT2D eigenvalue weighted by Crippen LogP contribution is 2.35. The second kappa shape index (κ2) is 8.43. The lowest BCUT2D eigenvalue weighted by atomic mass is 9.99. The molecule has 0 unspecified atom stereocenters. The fourth-order valence-corrected chi connectivity index (χ4v) is 5.28. The van der Waals surface area contributed by atoms with Crippen molar-refractivity contribution in [2.75, 3.05) is 29.4 Å². The van der Waals surface area contributed by atoms with E-state index in [0.717, 1.165) is 36.0 Å². The zero-order chi connectivity index (χ0) is 22.2. The first-order valence-corrected chi connectivity index (χ1v) is 12.0. The number of nitrogens with one attached hydrogen (secondary N) is 1. The van der Waals surface area contributed by atoms with Crippen LogP contribution < -0.4 is 9.80 Å². The number of aromatic nitrogens is 1. The molecule has 0 saturated carbocycles. The molecule has 3 heterocycles. The van der Waals surface area contributed by atoms with Gasteiger partial charge in [-0.1, -0.05) is 36.8 Å². The molecule has 2 aliphatic rings. The largest absolute Gasteiger partial charge is 0.510 e. The van der Waals surface area contributed by atoms with Gasteiger partial charge in [-0.05, 0) is 49.9 Å². The van der Waals surface area contributed by atoms with E-state index in [0.29, 0.717) is 23.0 Å². The lowest BCUT2D eigenvalue weighted by Gasteiger charge is -2.32. The van der Waals surface area contributed by atoms with Gasteiger partial charge in [-0.25, -0.2) is 4.98 Å². The van der Waals surface area contributed by atoms with Crippen molar-refractivity contribution in [3.63, 3.8) is 0 Å². The Labute approximate surface area is 193 Å². The Kier molecular flexibility index (Phi) is 5.47. The zero-order valence-corrected chi connectivity index (χ0v) is 19.3. The van der Waals surface area contributed by atoms with Crippen LogP contribution in [0.3, 0.4) is 0 Å². The van der Waals surface area contributed by atoms with Gasteiger partial charge in [0.2, 0.25) is 0 Å². The van der Waals surface area contributed by atoms with E-state index in [9.17, 15) is 5.11 Å². The highest BCUT2D eigenvalue weighted by Gasteiger charge is 2.31. The van der Waals surface area contributed by atoms with E-state index >= 15 is 0 Å². The molecule has 6 heteroatoms. The molecule has 5 nitrogen and oxygen atoms in total. The van der Waals surface area contributed by atoms with Crippen molar-refractivity contribution in [1.82, 2.24) is 4.98 Å². The lowest BCUT2D eigenvalue weighted by molar-refractivity contribution is 0.411. The fourth-order valence-electron chi connectivity index (χ4n) is 4.38. The molecule has 0 aliphatic carbocycles. The van der Waals surface area contributed by atoms with Gasteiger partial charge in [0.05, 0.1) is 17.8 Å². The Bertz CT molecular complexity index is 1160. The van der Waals surface area contributed by atoms with Gasteiger partial charge in [0, 0.05) is 35.4 Å². The SMILES string of the molecule is Cc1ccc(-c2csc(C3=C(O)CN(c4ccc(N5CCC(C)CC5)cc4)C3=N)n2)cc1. The Morgan fingerprint density at radius 3 is 2.34 bits per heavy atom. The summed E-state index contributed by atoms with van der Waals surface area (Å²) in [5, 5.41) is 22.1. The van der Waals surface area contributed by atoms with Crippen LogP contribution >= 0.6 is 11.3 Å². The van der Waals surface area contributed by atoms with Crippen LogP contribution in [0, 0.1) is 18.3 Å². The molecule has 1 saturated heterocycles. The number of hydrogen-bond acceptors (Lipinski definition) is 5. The van der Waals surface area contributed by atoms with Crippen molar-refractivity contribution in [2.45, 2.75) is 26.7 Å². The highest BCUT2D eigenvalue weighted by molar-refractivity contribution is 7.11. The quantitative estimate of drug-likeness (QED) is 0.509. The standard InChI is InChI=1S/C26H28N4OS/c1-17-3-5-19(6-4-17)22-16-32-26(28-22)24-23(31)15-30(25(24)27)21-9-7-20(8-10-21)29-13-11-18(2)12-14-29/h3-10,16,18,27,31H,11-15H2,1-2H3. The third kappa shape index (κ3) is 3.91. The van der Waals surface area contributed by atoms with Crippen molar-refractivity contribution in [3.8, 4) is 11.3 Å².